The van der Waals surface area contributed by atoms with Crippen molar-refractivity contribution in [1.29, 1.82) is 0 Å². The van der Waals surface area contributed by atoms with Gasteiger partial charge in [-0.15, -0.1) is 0 Å². The number of aromatic nitrogens is 1. The zero-order chi connectivity index (χ0) is 26.2. The first-order valence-electron chi connectivity index (χ1n) is 12.3. The third-order valence-electron chi connectivity index (χ3n) is 5.86. The van der Waals surface area contributed by atoms with Crippen molar-refractivity contribution in [2.24, 2.45) is 0 Å². The number of fused-ring (bicyclic) bond motifs is 1. The van der Waals surface area contributed by atoms with Gasteiger partial charge in [0.05, 0.1) is 13.2 Å². The molecule has 196 valence electrons. The van der Waals surface area contributed by atoms with Crippen molar-refractivity contribution < 1.29 is 28.2 Å². The molecule has 0 saturated carbocycles. The first-order chi connectivity index (χ1) is 18.7. The van der Waals surface area contributed by atoms with Crippen molar-refractivity contribution in [3.63, 3.8) is 0 Å². The van der Waals surface area contributed by atoms with Crippen LogP contribution in [-0.4, -0.2) is 42.8 Å². The summed E-state index contributed by atoms with van der Waals surface area (Å²) in [7, 11) is 1.58. The highest BCUT2D eigenvalue weighted by Gasteiger charge is 2.18. The number of rotatable bonds is 12. The molecule has 0 atom stereocenters. The third-order valence-corrected chi connectivity index (χ3v) is 5.86. The number of nitrogens with zero attached hydrogens (tertiary/aromatic N) is 2. The van der Waals surface area contributed by atoms with Crippen molar-refractivity contribution in [1.82, 2.24) is 15.2 Å². The quantitative estimate of drug-likeness (QED) is 0.270. The van der Waals surface area contributed by atoms with Crippen LogP contribution in [0.4, 0.5) is 0 Å². The van der Waals surface area contributed by atoms with Crippen molar-refractivity contribution in [3.8, 4) is 23.0 Å². The van der Waals surface area contributed by atoms with Crippen molar-refractivity contribution in [2.75, 3.05) is 27.1 Å². The molecule has 0 aliphatic carbocycles. The van der Waals surface area contributed by atoms with Crippen molar-refractivity contribution >= 4 is 5.91 Å². The number of ether oxygens (including phenoxy) is 4. The van der Waals surface area contributed by atoms with Gasteiger partial charge in [0.15, 0.2) is 17.2 Å². The summed E-state index contributed by atoms with van der Waals surface area (Å²) in [5, 5.41) is 2.76. The molecule has 4 aromatic rings. The van der Waals surface area contributed by atoms with Crippen LogP contribution in [0.2, 0.25) is 0 Å². The SMILES string of the molecule is COCCNC(=O)c1coc(CN(Cc2cccc(Oc3ccccc3)c2)Cc2ccc3c(c2)OCO3)n1. The Hall–Kier alpha value is -4.34. The number of methoxy groups -OCH3 is 1. The Morgan fingerprint density at radius 1 is 0.921 bits per heavy atom. The number of carbonyl (C=O) groups is 1. The van der Waals surface area contributed by atoms with E-state index in [-0.39, 0.29) is 18.4 Å². The number of para-hydroxylation sites is 1. The van der Waals surface area contributed by atoms with Crippen LogP contribution < -0.4 is 19.5 Å². The molecule has 0 radical (unpaired) electrons. The Labute approximate surface area is 220 Å². The summed E-state index contributed by atoms with van der Waals surface area (Å²) in [6.07, 6.45) is 1.38. The number of hydrogen-bond acceptors (Lipinski definition) is 8. The van der Waals surface area contributed by atoms with Crippen LogP contribution >= 0.6 is 0 Å². The molecule has 2 heterocycles. The monoisotopic (exact) mass is 515 g/mol. The van der Waals surface area contributed by atoms with Gasteiger partial charge >= 0.3 is 0 Å². The molecule has 5 rings (SSSR count). The Bertz CT molecular complexity index is 1360. The summed E-state index contributed by atoms with van der Waals surface area (Å²) >= 11 is 0. The lowest BCUT2D eigenvalue weighted by molar-refractivity contribution is 0.0932. The van der Waals surface area contributed by atoms with Crippen LogP contribution in [0, 0.1) is 0 Å². The summed E-state index contributed by atoms with van der Waals surface area (Å²) in [5.74, 6) is 3.14. The minimum atomic E-state index is -0.301. The highest BCUT2D eigenvalue weighted by atomic mass is 16.7. The summed E-state index contributed by atoms with van der Waals surface area (Å²) < 4.78 is 27.7. The van der Waals surface area contributed by atoms with Crippen molar-refractivity contribution in [2.45, 2.75) is 19.6 Å². The number of benzene rings is 3. The van der Waals surface area contributed by atoms with E-state index in [9.17, 15) is 4.79 Å². The van der Waals surface area contributed by atoms with Crippen LogP contribution in [0.25, 0.3) is 0 Å². The Morgan fingerprint density at radius 3 is 2.55 bits per heavy atom. The molecule has 0 saturated heterocycles. The van der Waals surface area contributed by atoms with E-state index in [1.807, 2.05) is 66.7 Å². The lowest BCUT2D eigenvalue weighted by Crippen LogP contribution is -2.27. The molecule has 38 heavy (non-hydrogen) atoms. The summed E-state index contributed by atoms with van der Waals surface area (Å²) in [4.78, 5) is 18.9. The van der Waals surface area contributed by atoms with E-state index in [2.05, 4.69) is 21.3 Å². The number of carbonyl (C=O) groups excluding carboxylic acids is 1. The first-order valence-corrected chi connectivity index (χ1v) is 12.3. The van der Waals surface area contributed by atoms with E-state index in [4.69, 9.17) is 23.4 Å². The zero-order valence-electron chi connectivity index (χ0n) is 21.1. The van der Waals surface area contributed by atoms with Crippen molar-refractivity contribution in [3.05, 3.63) is 102 Å². The van der Waals surface area contributed by atoms with Gasteiger partial charge in [0, 0.05) is 26.7 Å². The number of oxazole rings is 1. The van der Waals surface area contributed by atoms with Gasteiger partial charge in [-0.1, -0.05) is 36.4 Å². The zero-order valence-corrected chi connectivity index (χ0v) is 21.1. The van der Waals surface area contributed by atoms with Crippen LogP contribution in [0.1, 0.15) is 27.5 Å². The highest BCUT2D eigenvalue weighted by Crippen LogP contribution is 2.33. The molecule has 9 heteroatoms. The Kier molecular flexibility index (Phi) is 8.17. The third kappa shape index (κ3) is 6.70. The van der Waals surface area contributed by atoms with Gasteiger partial charge in [-0.25, -0.2) is 4.98 Å². The highest BCUT2D eigenvalue weighted by molar-refractivity contribution is 5.91. The molecule has 0 fully saturated rings. The minimum Gasteiger partial charge on any atom is -0.457 e. The second kappa shape index (κ2) is 12.3. The van der Waals surface area contributed by atoms with E-state index in [0.717, 1.165) is 34.1 Å². The number of nitrogens with one attached hydrogen (secondary N) is 1. The molecule has 1 N–H and O–H groups in total. The molecule has 9 nitrogen and oxygen atoms in total. The standard InChI is InChI=1S/C29H29N3O6/c1-34-13-12-30-29(33)25-19-35-28(31-25)18-32(17-22-10-11-26-27(15-22)37-20-36-26)16-21-6-5-9-24(14-21)38-23-7-3-2-4-8-23/h2-11,14-15,19H,12-13,16-18,20H2,1H3,(H,30,33). The van der Waals surface area contributed by atoms with E-state index in [1.165, 1.54) is 6.26 Å². The molecular formula is C29H29N3O6. The predicted molar refractivity (Wildman–Crippen MR) is 139 cm³/mol. The second-order valence-corrected chi connectivity index (χ2v) is 8.77. The number of amides is 1. The molecule has 1 amide bonds. The molecule has 0 unspecified atom stereocenters. The maximum Gasteiger partial charge on any atom is 0.273 e. The largest absolute Gasteiger partial charge is 0.457 e. The molecule has 0 bridgehead atoms. The maximum atomic E-state index is 12.4. The molecule has 0 spiro atoms. The van der Waals surface area contributed by atoms with Gasteiger partial charge in [-0.3, -0.25) is 9.69 Å². The fourth-order valence-corrected chi connectivity index (χ4v) is 4.09. The second-order valence-electron chi connectivity index (χ2n) is 8.77. The van der Waals surface area contributed by atoms with Gasteiger partial charge in [0.25, 0.3) is 5.91 Å². The normalized spacial score (nSPS) is 12.1. The first kappa shape index (κ1) is 25.3. The van der Waals surface area contributed by atoms with Gasteiger partial charge in [-0.05, 0) is 47.5 Å². The van der Waals surface area contributed by atoms with Crippen LogP contribution in [-0.2, 0) is 24.4 Å². The predicted octanol–water partition coefficient (Wildman–Crippen LogP) is 4.77. The topological polar surface area (TPSA) is 95.3 Å². The molecule has 1 aliphatic heterocycles. The fraction of sp³-hybridized carbons (Fsp3) is 0.241. The average molecular weight is 516 g/mol. The summed E-state index contributed by atoms with van der Waals surface area (Å²) in [6, 6.07) is 23.6. The lowest BCUT2D eigenvalue weighted by Gasteiger charge is -2.21. The smallest absolute Gasteiger partial charge is 0.273 e. The fourth-order valence-electron chi connectivity index (χ4n) is 4.09. The van der Waals surface area contributed by atoms with Gasteiger partial charge in [0.2, 0.25) is 12.7 Å². The molecular weight excluding hydrogens is 486 g/mol. The van der Waals surface area contributed by atoms with E-state index in [0.29, 0.717) is 38.7 Å². The molecule has 1 aliphatic rings. The van der Waals surface area contributed by atoms with Crippen LogP contribution in [0.3, 0.4) is 0 Å². The van der Waals surface area contributed by atoms with E-state index < -0.39 is 0 Å². The van der Waals surface area contributed by atoms with Crippen LogP contribution in [0.15, 0.2) is 83.5 Å². The van der Waals surface area contributed by atoms with Gasteiger partial charge in [0.1, 0.15) is 17.8 Å². The molecule has 1 aromatic heterocycles. The van der Waals surface area contributed by atoms with E-state index >= 15 is 0 Å². The average Bonchev–Trinajstić information content (AvgIpc) is 3.59. The van der Waals surface area contributed by atoms with Gasteiger partial charge in [-0.2, -0.15) is 0 Å². The number of hydrogen-bond donors (Lipinski definition) is 1. The Morgan fingerprint density at radius 2 is 1.71 bits per heavy atom. The maximum absolute atomic E-state index is 12.4. The lowest BCUT2D eigenvalue weighted by atomic mass is 10.1. The Balaban J connectivity index is 1.32. The summed E-state index contributed by atoms with van der Waals surface area (Å²) in [6.45, 7) is 2.63. The van der Waals surface area contributed by atoms with Gasteiger partial charge < -0.3 is 28.7 Å². The minimum absolute atomic E-state index is 0.224. The molecule has 3 aromatic carbocycles. The van der Waals surface area contributed by atoms with E-state index in [1.54, 1.807) is 7.11 Å². The summed E-state index contributed by atoms with van der Waals surface area (Å²) in [5.41, 5.74) is 2.34. The van der Waals surface area contributed by atoms with Crippen LogP contribution in [0.5, 0.6) is 23.0 Å².